The molecule has 1 aromatic rings. The van der Waals surface area contributed by atoms with Gasteiger partial charge in [0.15, 0.2) is 11.6 Å². The van der Waals surface area contributed by atoms with E-state index >= 15 is 0 Å². The maximum absolute atomic E-state index is 13.8. The van der Waals surface area contributed by atoms with Gasteiger partial charge < -0.3 is 15.0 Å². The second-order valence-electron chi connectivity index (χ2n) is 6.63. The quantitative estimate of drug-likeness (QED) is 0.767. The van der Waals surface area contributed by atoms with Crippen molar-refractivity contribution in [1.29, 1.82) is 0 Å². The number of hydrogen-bond acceptors (Lipinski definition) is 3. The zero-order valence-corrected chi connectivity index (χ0v) is 15.2. The summed E-state index contributed by atoms with van der Waals surface area (Å²) in [5, 5.41) is 2.68. The molecular formula is C16H19BrF2N2O3. The molecule has 1 atom stereocenters. The van der Waals surface area contributed by atoms with E-state index in [0.29, 0.717) is 13.0 Å². The number of carbonyl (C=O) groups is 2. The number of benzene rings is 1. The van der Waals surface area contributed by atoms with Gasteiger partial charge in [0, 0.05) is 17.6 Å². The highest BCUT2D eigenvalue weighted by atomic mass is 79.9. The first-order valence-electron chi connectivity index (χ1n) is 7.50. The molecular weight excluding hydrogens is 386 g/mol. The first kappa shape index (κ1) is 18.6. The van der Waals surface area contributed by atoms with Crippen LogP contribution in [0.5, 0.6) is 0 Å². The Morgan fingerprint density at radius 2 is 2.00 bits per heavy atom. The molecule has 1 aromatic carbocycles. The maximum Gasteiger partial charge on any atom is 0.407 e. The Hall–Kier alpha value is -1.70. The summed E-state index contributed by atoms with van der Waals surface area (Å²) in [4.78, 5) is 25.5. The van der Waals surface area contributed by atoms with Crippen LogP contribution < -0.4 is 5.32 Å². The molecule has 2 rings (SSSR count). The number of rotatable bonds is 2. The minimum Gasteiger partial charge on any atom is -0.444 e. The summed E-state index contributed by atoms with van der Waals surface area (Å²) >= 11 is 3.05. The third kappa shape index (κ3) is 4.66. The van der Waals surface area contributed by atoms with Crippen molar-refractivity contribution >= 4 is 27.9 Å². The Bertz CT molecular complexity index is 661. The Balaban J connectivity index is 2.01. The van der Waals surface area contributed by atoms with Gasteiger partial charge in [-0.3, -0.25) is 4.79 Å². The monoisotopic (exact) mass is 404 g/mol. The van der Waals surface area contributed by atoms with Crippen molar-refractivity contribution in [2.45, 2.75) is 38.8 Å². The summed E-state index contributed by atoms with van der Waals surface area (Å²) in [5.74, 6) is -2.87. The van der Waals surface area contributed by atoms with Crippen LogP contribution in [0.2, 0.25) is 0 Å². The Labute approximate surface area is 147 Å². The molecule has 5 nitrogen and oxygen atoms in total. The van der Waals surface area contributed by atoms with Crippen molar-refractivity contribution in [3.05, 3.63) is 33.8 Å². The Morgan fingerprint density at radius 3 is 2.62 bits per heavy atom. The van der Waals surface area contributed by atoms with E-state index in [1.165, 1.54) is 11.0 Å². The van der Waals surface area contributed by atoms with Crippen LogP contribution in [0.4, 0.5) is 13.6 Å². The second kappa shape index (κ2) is 7.04. The summed E-state index contributed by atoms with van der Waals surface area (Å²) in [6.45, 7) is 5.81. The minimum atomic E-state index is -1.17. The molecule has 0 unspecified atom stereocenters. The lowest BCUT2D eigenvalue weighted by molar-refractivity contribution is 0.0502. The molecule has 0 aliphatic carbocycles. The number of ether oxygens (including phenoxy) is 1. The van der Waals surface area contributed by atoms with Gasteiger partial charge in [0.2, 0.25) is 0 Å². The normalized spacial score (nSPS) is 17.8. The molecule has 132 valence electrons. The summed E-state index contributed by atoms with van der Waals surface area (Å²) < 4.78 is 32.7. The van der Waals surface area contributed by atoms with Crippen LogP contribution in [0.15, 0.2) is 16.6 Å². The van der Waals surface area contributed by atoms with Crippen LogP contribution >= 0.6 is 15.9 Å². The van der Waals surface area contributed by atoms with Crippen LogP contribution in [0.25, 0.3) is 0 Å². The number of nitrogens with one attached hydrogen (secondary N) is 1. The van der Waals surface area contributed by atoms with E-state index in [9.17, 15) is 18.4 Å². The van der Waals surface area contributed by atoms with Crippen molar-refractivity contribution < 1.29 is 23.1 Å². The van der Waals surface area contributed by atoms with Crippen molar-refractivity contribution in [2.75, 3.05) is 13.1 Å². The van der Waals surface area contributed by atoms with E-state index < -0.39 is 29.2 Å². The average molecular weight is 405 g/mol. The molecule has 1 saturated heterocycles. The third-order valence-electron chi connectivity index (χ3n) is 3.42. The van der Waals surface area contributed by atoms with Crippen LogP contribution in [-0.2, 0) is 4.74 Å². The molecule has 1 fully saturated rings. The number of amides is 2. The molecule has 0 aromatic heterocycles. The molecule has 1 aliphatic heterocycles. The number of likely N-dealkylation sites (tertiary alicyclic amines) is 1. The van der Waals surface area contributed by atoms with Crippen molar-refractivity contribution in [3.63, 3.8) is 0 Å². The zero-order chi connectivity index (χ0) is 18.1. The summed E-state index contributed by atoms with van der Waals surface area (Å²) in [5.41, 5.74) is -0.949. The Kier molecular flexibility index (Phi) is 5.47. The highest BCUT2D eigenvalue weighted by Gasteiger charge is 2.31. The standard InChI is InChI=1S/C16H19BrF2N2O3/c1-16(2,3)24-15(23)20-10-4-5-21(8-10)14(22)11-6-9(17)7-12(18)13(11)19/h6-7,10H,4-5,8H2,1-3H3,(H,20,23)/t10-/m1/s1. The first-order chi connectivity index (χ1) is 11.1. The van der Waals surface area contributed by atoms with Gasteiger partial charge in [0.1, 0.15) is 5.60 Å². The summed E-state index contributed by atoms with van der Waals surface area (Å²) in [7, 11) is 0. The van der Waals surface area contributed by atoms with Gasteiger partial charge in [0.25, 0.3) is 5.91 Å². The fraction of sp³-hybridized carbons (Fsp3) is 0.500. The second-order valence-corrected chi connectivity index (χ2v) is 7.55. The van der Waals surface area contributed by atoms with Gasteiger partial charge in [-0.15, -0.1) is 0 Å². The van der Waals surface area contributed by atoms with Crippen LogP contribution in [-0.4, -0.2) is 41.6 Å². The zero-order valence-electron chi connectivity index (χ0n) is 13.7. The summed E-state index contributed by atoms with van der Waals surface area (Å²) in [6, 6.07) is 1.92. The average Bonchev–Trinajstić information content (AvgIpc) is 2.88. The van der Waals surface area contributed by atoms with E-state index in [2.05, 4.69) is 21.2 Å². The molecule has 8 heteroatoms. The molecule has 0 spiro atoms. The Morgan fingerprint density at radius 1 is 1.33 bits per heavy atom. The van der Waals surface area contributed by atoms with E-state index in [1.807, 2.05) is 0 Å². The maximum atomic E-state index is 13.8. The van der Waals surface area contributed by atoms with Gasteiger partial charge in [-0.25, -0.2) is 13.6 Å². The van der Waals surface area contributed by atoms with E-state index in [4.69, 9.17) is 4.74 Å². The van der Waals surface area contributed by atoms with Crippen LogP contribution in [0.1, 0.15) is 37.6 Å². The number of alkyl carbamates (subject to hydrolysis) is 1. The van der Waals surface area contributed by atoms with Crippen molar-refractivity contribution in [3.8, 4) is 0 Å². The number of nitrogens with zero attached hydrogens (tertiary/aromatic N) is 1. The van der Waals surface area contributed by atoms with E-state index in [0.717, 1.165) is 6.07 Å². The molecule has 24 heavy (non-hydrogen) atoms. The minimum absolute atomic E-state index is 0.214. The number of carbonyl (C=O) groups excluding carboxylic acids is 2. The van der Waals surface area contributed by atoms with E-state index in [-0.39, 0.29) is 22.6 Å². The SMILES string of the molecule is CC(C)(C)OC(=O)N[C@@H]1CCN(C(=O)c2cc(Br)cc(F)c2F)C1. The van der Waals surface area contributed by atoms with Gasteiger partial charge >= 0.3 is 6.09 Å². The topological polar surface area (TPSA) is 58.6 Å². The van der Waals surface area contributed by atoms with Crippen molar-refractivity contribution in [2.24, 2.45) is 0 Å². The van der Waals surface area contributed by atoms with Crippen LogP contribution in [0, 0.1) is 11.6 Å². The molecule has 0 bridgehead atoms. The van der Waals surface area contributed by atoms with Gasteiger partial charge in [-0.1, -0.05) is 15.9 Å². The highest BCUT2D eigenvalue weighted by molar-refractivity contribution is 9.10. The predicted molar refractivity (Wildman–Crippen MR) is 87.7 cm³/mol. The highest BCUT2D eigenvalue weighted by Crippen LogP contribution is 2.22. The first-order valence-corrected chi connectivity index (χ1v) is 8.29. The van der Waals surface area contributed by atoms with Gasteiger partial charge in [0.05, 0.1) is 11.6 Å². The molecule has 1 heterocycles. The fourth-order valence-electron chi connectivity index (χ4n) is 2.42. The van der Waals surface area contributed by atoms with Gasteiger partial charge in [-0.2, -0.15) is 0 Å². The summed E-state index contributed by atoms with van der Waals surface area (Å²) in [6.07, 6.45) is -0.0511. The van der Waals surface area contributed by atoms with Gasteiger partial charge in [-0.05, 0) is 39.3 Å². The molecule has 0 saturated carbocycles. The fourth-order valence-corrected chi connectivity index (χ4v) is 2.85. The molecule has 2 amide bonds. The lowest BCUT2D eigenvalue weighted by Gasteiger charge is -2.22. The smallest absolute Gasteiger partial charge is 0.407 e. The molecule has 0 radical (unpaired) electrons. The molecule has 1 N–H and O–H groups in total. The predicted octanol–water partition coefficient (Wildman–Crippen LogP) is 3.47. The van der Waals surface area contributed by atoms with Crippen molar-refractivity contribution in [1.82, 2.24) is 10.2 Å². The lowest BCUT2D eigenvalue weighted by Crippen LogP contribution is -2.41. The number of halogens is 3. The van der Waals surface area contributed by atoms with Crippen LogP contribution in [0.3, 0.4) is 0 Å². The van der Waals surface area contributed by atoms with E-state index in [1.54, 1.807) is 20.8 Å². The largest absolute Gasteiger partial charge is 0.444 e. The third-order valence-corrected chi connectivity index (χ3v) is 3.88. The molecule has 1 aliphatic rings. The lowest BCUT2D eigenvalue weighted by atomic mass is 10.2. The number of hydrogen-bond donors (Lipinski definition) is 1.